The number of benzene rings is 1. The summed E-state index contributed by atoms with van der Waals surface area (Å²) >= 11 is 3.04. The Morgan fingerprint density at radius 3 is 2.79 bits per heavy atom. The molecule has 0 aliphatic heterocycles. The van der Waals surface area contributed by atoms with Crippen LogP contribution in [0, 0.1) is 15.9 Å². The zero-order chi connectivity index (χ0) is 14.0. The Bertz CT molecular complexity index is 651. The number of nitrogens with zero attached hydrogens (tertiary/aromatic N) is 3. The van der Waals surface area contributed by atoms with E-state index in [0.29, 0.717) is 0 Å². The van der Waals surface area contributed by atoms with Gasteiger partial charge in [0, 0.05) is 12.6 Å². The summed E-state index contributed by atoms with van der Waals surface area (Å²) in [4.78, 5) is 18.1. The maximum atomic E-state index is 14.0. The van der Waals surface area contributed by atoms with Gasteiger partial charge in [-0.25, -0.2) is 14.4 Å². The molecule has 0 amide bonds. The van der Waals surface area contributed by atoms with Crippen LogP contribution in [-0.2, 0) is 0 Å². The summed E-state index contributed by atoms with van der Waals surface area (Å²) in [5.74, 6) is -0.569. The molecule has 0 saturated heterocycles. The molecule has 2 rings (SSSR count). The first-order chi connectivity index (χ1) is 9.06. The zero-order valence-electron chi connectivity index (χ0n) is 9.72. The van der Waals surface area contributed by atoms with E-state index in [0.717, 1.165) is 6.33 Å². The third-order valence-corrected chi connectivity index (χ3v) is 3.06. The van der Waals surface area contributed by atoms with Crippen molar-refractivity contribution in [2.75, 3.05) is 12.4 Å². The van der Waals surface area contributed by atoms with E-state index in [-0.39, 0.29) is 27.2 Å². The van der Waals surface area contributed by atoms with Crippen LogP contribution in [0.1, 0.15) is 0 Å². The van der Waals surface area contributed by atoms with Crippen molar-refractivity contribution in [3.05, 3.63) is 44.9 Å². The number of nitrogens with one attached hydrogen (secondary N) is 1. The van der Waals surface area contributed by atoms with Crippen molar-refractivity contribution in [1.82, 2.24) is 9.97 Å². The average Bonchev–Trinajstić information content (AvgIpc) is 2.40. The predicted octanol–water partition coefficient (Wildman–Crippen LogP) is 3.00. The molecule has 8 heteroatoms. The van der Waals surface area contributed by atoms with Crippen LogP contribution in [0.25, 0.3) is 11.3 Å². The number of hydrogen-bond donors (Lipinski definition) is 1. The van der Waals surface area contributed by atoms with E-state index in [1.807, 2.05) is 0 Å². The van der Waals surface area contributed by atoms with Crippen LogP contribution < -0.4 is 5.32 Å². The first-order valence-electron chi connectivity index (χ1n) is 5.17. The number of halogens is 2. The smallest absolute Gasteiger partial charge is 0.337 e. The number of aromatic nitrogens is 2. The predicted molar refractivity (Wildman–Crippen MR) is 71.3 cm³/mol. The highest BCUT2D eigenvalue weighted by Gasteiger charge is 2.25. The Morgan fingerprint density at radius 2 is 2.16 bits per heavy atom. The van der Waals surface area contributed by atoms with Gasteiger partial charge in [-0.3, -0.25) is 10.1 Å². The number of hydrogen-bond acceptors (Lipinski definition) is 5. The van der Waals surface area contributed by atoms with Gasteiger partial charge in [0.15, 0.2) is 5.69 Å². The molecule has 0 fully saturated rings. The molecular weight excluding hydrogens is 319 g/mol. The van der Waals surface area contributed by atoms with Gasteiger partial charge in [-0.15, -0.1) is 0 Å². The molecule has 98 valence electrons. The molecule has 2 aromatic rings. The van der Waals surface area contributed by atoms with E-state index >= 15 is 0 Å². The molecule has 0 aliphatic rings. The second kappa shape index (κ2) is 5.27. The van der Waals surface area contributed by atoms with E-state index in [4.69, 9.17) is 0 Å². The monoisotopic (exact) mass is 326 g/mol. The molecule has 1 aromatic heterocycles. The number of rotatable bonds is 3. The third kappa shape index (κ3) is 2.39. The Morgan fingerprint density at radius 1 is 1.42 bits per heavy atom. The number of anilines is 1. The fraction of sp³-hybridized carbons (Fsp3) is 0.0909. The maximum absolute atomic E-state index is 14.0. The molecule has 1 heterocycles. The third-order valence-electron chi connectivity index (χ3n) is 2.45. The highest BCUT2D eigenvalue weighted by Crippen LogP contribution is 2.35. The summed E-state index contributed by atoms with van der Waals surface area (Å²) in [6.07, 6.45) is 1.15. The van der Waals surface area contributed by atoms with Gasteiger partial charge in [-0.05, 0) is 28.1 Å². The second-order valence-corrected chi connectivity index (χ2v) is 4.38. The van der Waals surface area contributed by atoms with Crippen molar-refractivity contribution in [2.45, 2.75) is 0 Å². The quantitative estimate of drug-likeness (QED) is 0.692. The molecule has 19 heavy (non-hydrogen) atoms. The van der Waals surface area contributed by atoms with Crippen LogP contribution in [0.4, 0.5) is 15.9 Å². The first-order valence-corrected chi connectivity index (χ1v) is 5.97. The number of nitro groups is 1. The minimum atomic E-state index is -0.637. The van der Waals surface area contributed by atoms with Gasteiger partial charge in [-0.2, -0.15) is 0 Å². The summed E-state index contributed by atoms with van der Waals surface area (Å²) in [5.41, 5.74) is -0.384. The molecule has 0 bridgehead atoms. The Hall–Kier alpha value is -2.09. The molecule has 0 aliphatic carbocycles. The van der Waals surface area contributed by atoms with E-state index < -0.39 is 10.7 Å². The summed E-state index contributed by atoms with van der Waals surface area (Å²) in [5, 5.41) is 13.7. The second-order valence-electron chi connectivity index (χ2n) is 3.53. The van der Waals surface area contributed by atoms with E-state index in [1.165, 1.54) is 19.2 Å². The van der Waals surface area contributed by atoms with Gasteiger partial charge in [-0.1, -0.05) is 6.07 Å². The van der Waals surface area contributed by atoms with Gasteiger partial charge < -0.3 is 5.32 Å². The molecule has 0 atom stereocenters. The van der Waals surface area contributed by atoms with Crippen LogP contribution in [0.2, 0.25) is 0 Å². The highest BCUT2D eigenvalue weighted by molar-refractivity contribution is 9.10. The van der Waals surface area contributed by atoms with Crippen LogP contribution in [0.15, 0.2) is 29.0 Å². The molecule has 0 spiro atoms. The summed E-state index contributed by atoms with van der Waals surface area (Å²) in [6, 6.07) is 4.51. The lowest BCUT2D eigenvalue weighted by Gasteiger charge is -2.07. The molecule has 6 nitrogen and oxygen atoms in total. The molecule has 1 aromatic carbocycles. The van der Waals surface area contributed by atoms with Crippen molar-refractivity contribution < 1.29 is 9.31 Å². The van der Waals surface area contributed by atoms with Crippen LogP contribution in [-0.4, -0.2) is 21.9 Å². The minimum absolute atomic E-state index is 0.0365. The lowest BCUT2D eigenvalue weighted by Crippen LogP contribution is -2.03. The summed E-state index contributed by atoms with van der Waals surface area (Å²) in [7, 11) is 1.50. The molecule has 0 saturated carbocycles. The molecular formula is C11H8BrFN4O2. The summed E-state index contributed by atoms with van der Waals surface area (Å²) < 4.78 is 14.2. The van der Waals surface area contributed by atoms with E-state index in [1.54, 1.807) is 6.07 Å². The average molecular weight is 327 g/mol. The van der Waals surface area contributed by atoms with Crippen molar-refractivity contribution in [1.29, 1.82) is 0 Å². The Labute approximate surface area is 116 Å². The van der Waals surface area contributed by atoms with Gasteiger partial charge in [0.2, 0.25) is 5.82 Å². The summed E-state index contributed by atoms with van der Waals surface area (Å²) in [6.45, 7) is 0. The molecule has 1 N–H and O–H groups in total. The first kappa shape index (κ1) is 13.3. The van der Waals surface area contributed by atoms with Gasteiger partial charge in [0.1, 0.15) is 12.1 Å². The Balaban J connectivity index is 2.75. The van der Waals surface area contributed by atoms with Crippen molar-refractivity contribution in [3.8, 4) is 11.3 Å². The fourth-order valence-electron chi connectivity index (χ4n) is 1.62. The van der Waals surface area contributed by atoms with E-state index in [9.17, 15) is 14.5 Å². The maximum Gasteiger partial charge on any atom is 0.337 e. The van der Waals surface area contributed by atoms with Gasteiger partial charge in [0.05, 0.1) is 9.40 Å². The van der Waals surface area contributed by atoms with E-state index in [2.05, 4.69) is 31.2 Å². The lowest BCUT2D eigenvalue weighted by molar-refractivity contribution is -0.383. The van der Waals surface area contributed by atoms with Gasteiger partial charge in [0.25, 0.3) is 0 Å². The normalized spacial score (nSPS) is 10.3. The topological polar surface area (TPSA) is 81.0 Å². The minimum Gasteiger partial charge on any atom is -0.367 e. The molecule has 0 radical (unpaired) electrons. The van der Waals surface area contributed by atoms with Crippen LogP contribution >= 0.6 is 15.9 Å². The SMILES string of the molecule is CNc1ncnc(-c2cccc(Br)c2F)c1[N+](=O)[O-]. The fourth-order valence-corrected chi connectivity index (χ4v) is 1.98. The lowest BCUT2D eigenvalue weighted by atomic mass is 10.1. The largest absolute Gasteiger partial charge is 0.367 e. The van der Waals surface area contributed by atoms with Gasteiger partial charge >= 0.3 is 5.69 Å². The van der Waals surface area contributed by atoms with Crippen molar-refractivity contribution in [3.63, 3.8) is 0 Å². The van der Waals surface area contributed by atoms with Crippen LogP contribution in [0.5, 0.6) is 0 Å². The highest BCUT2D eigenvalue weighted by atomic mass is 79.9. The standard InChI is InChI=1S/C11H8BrFN4O2/c1-14-11-10(17(18)19)9(15-5-16-11)6-3-2-4-7(12)8(6)13/h2-5H,1H3,(H,14,15,16). The van der Waals surface area contributed by atoms with Crippen LogP contribution in [0.3, 0.4) is 0 Å². The zero-order valence-corrected chi connectivity index (χ0v) is 11.3. The van der Waals surface area contributed by atoms with Crippen molar-refractivity contribution >= 4 is 27.4 Å². The molecule has 0 unspecified atom stereocenters. The van der Waals surface area contributed by atoms with Crippen molar-refractivity contribution in [2.24, 2.45) is 0 Å². The Kier molecular flexibility index (Phi) is 3.70.